The molecular formula is C25H30ClF2N3O3S. The molecule has 1 saturated heterocycles. The molecule has 1 fully saturated rings. The minimum absolute atomic E-state index is 0.0110. The number of anilines is 1. The SMILES string of the molecule is COc1ccc(S(=O)(=O)n2cc(C(F)F)c3ccc(Cl)cc32)cc1N1CCN(CC(C)(C)C)CC1. The number of benzene rings is 2. The molecule has 1 aliphatic heterocycles. The van der Waals surface area contributed by atoms with Gasteiger partial charge in [0.15, 0.2) is 0 Å². The molecule has 1 aromatic heterocycles. The quantitative estimate of drug-likeness (QED) is 0.416. The van der Waals surface area contributed by atoms with Crippen LogP contribution in [0, 0.1) is 5.41 Å². The lowest BCUT2D eigenvalue weighted by atomic mass is 9.96. The molecule has 3 aromatic rings. The van der Waals surface area contributed by atoms with E-state index in [9.17, 15) is 17.2 Å². The lowest BCUT2D eigenvalue weighted by Gasteiger charge is -2.39. The summed E-state index contributed by atoms with van der Waals surface area (Å²) >= 11 is 6.07. The van der Waals surface area contributed by atoms with Gasteiger partial charge in [0.25, 0.3) is 16.4 Å². The number of alkyl halides is 2. The summed E-state index contributed by atoms with van der Waals surface area (Å²) in [5.41, 5.74) is 0.602. The fraction of sp³-hybridized carbons (Fsp3) is 0.440. The molecule has 10 heteroatoms. The normalized spacial score (nSPS) is 15.8. The van der Waals surface area contributed by atoms with E-state index >= 15 is 0 Å². The number of piperazine rings is 1. The summed E-state index contributed by atoms with van der Waals surface area (Å²) in [7, 11) is -2.64. The number of hydrogen-bond acceptors (Lipinski definition) is 5. The minimum Gasteiger partial charge on any atom is -0.495 e. The molecule has 0 radical (unpaired) electrons. The zero-order valence-corrected chi connectivity index (χ0v) is 21.8. The van der Waals surface area contributed by atoms with Crippen LogP contribution in [0.3, 0.4) is 0 Å². The number of methoxy groups -OCH3 is 1. The largest absolute Gasteiger partial charge is 0.495 e. The van der Waals surface area contributed by atoms with Crippen molar-refractivity contribution >= 4 is 38.2 Å². The van der Waals surface area contributed by atoms with E-state index in [1.807, 2.05) is 0 Å². The summed E-state index contributed by atoms with van der Waals surface area (Å²) in [4.78, 5) is 4.49. The van der Waals surface area contributed by atoms with Gasteiger partial charge in [-0.1, -0.05) is 38.4 Å². The standard InChI is InChI=1S/C25H30ClF2N3O3S/c1-25(2,3)16-29-9-11-30(12-10-29)22-14-18(6-8-23(22)34-4)35(32,33)31-15-20(24(27)28)19-7-5-17(26)13-21(19)31/h5-8,13-15,24H,9-12,16H2,1-4H3. The highest BCUT2D eigenvalue weighted by Gasteiger charge is 2.28. The van der Waals surface area contributed by atoms with E-state index in [4.69, 9.17) is 16.3 Å². The zero-order valence-electron chi connectivity index (χ0n) is 20.3. The summed E-state index contributed by atoms with van der Waals surface area (Å²) in [6.45, 7) is 10.7. The molecule has 0 aliphatic carbocycles. The van der Waals surface area contributed by atoms with Crippen LogP contribution in [-0.2, 0) is 10.0 Å². The summed E-state index contributed by atoms with van der Waals surface area (Å²) in [5.74, 6) is 0.557. The van der Waals surface area contributed by atoms with Crippen LogP contribution in [0.15, 0.2) is 47.5 Å². The summed E-state index contributed by atoms with van der Waals surface area (Å²) in [6.07, 6.45) is -1.85. The molecular weight excluding hydrogens is 496 g/mol. The molecule has 0 unspecified atom stereocenters. The number of rotatable bonds is 6. The van der Waals surface area contributed by atoms with Gasteiger partial charge in [-0.3, -0.25) is 4.90 Å². The maximum Gasteiger partial charge on any atom is 0.268 e. The second-order valence-electron chi connectivity index (χ2n) is 10.0. The molecule has 0 N–H and O–H groups in total. The fourth-order valence-corrected chi connectivity index (χ4v) is 6.13. The van der Waals surface area contributed by atoms with Crippen molar-refractivity contribution in [2.24, 2.45) is 5.41 Å². The van der Waals surface area contributed by atoms with Gasteiger partial charge >= 0.3 is 0 Å². The van der Waals surface area contributed by atoms with Crippen molar-refractivity contribution < 1.29 is 21.9 Å². The Morgan fingerprint density at radius 2 is 1.74 bits per heavy atom. The molecule has 2 aromatic carbocycles. The zero-order chi connectivity index (χ0) is 25.5. The molecule has 1 aliphatic rings. The van der Waals surface area contributed by atoms with Crippen molar-refractivity contribution in [3.05, 3.63) is 53.2 Å². The lowest BCUT2D eigenvalue weighted by Crippen LogP contribution is -2.48. The Labute approximate surface area is 210 Å². The Hall–Kier alpha value is -2.36. The highest BCUT2D eigenvalue weighted by molar-refractivity contribution is 7.90. The maximum atomic E-state index is 13.7. The summed E-state index contributed by atoms with van der Waals surface area (Å²) in [5, 5.41) is 0.410. The molecule has 0 amide bonds. The Balaban J connectivity index is 1.72. The van der Waals surface area contributed by atoms with Gasteiger partial charge in [-0.05, 0) is 35.7 Å². The molecule has 190 valence electrons. The van der Waals surface area contributed by atoms with Crippen LogP contribution < -0.4 is 9.64 Å². The molecule has 35 heavy (non-hydrogen) atoms. The number of fused-ring (bicyclic) bond motifs is 1. The van der Waals surface area contributed by atoms with E-state index in [0.29, 0.717) is 24.5 Å². The first kappa shape index (κ1) is 25.7. The first-order valence-corrected chi connectivity index (χ1v) is 13.2. The van der Waals surface area contributed by atoms with Crippen molar-refractivity contribution in [2.45, 2.75) is 32.1 Å². The first-order valence-electron chi connectivity index (χ1n) is 11.4. The van der Waals surface area contributed by atoms with E-state index < -0.39 is 16.4 Å². The Morgan fingerprint density at radius 1 is 1.06 bits per heavy atom. The van der Waals surface area contributed by atoms with E-state index in [0.717, 1.165) is 29.8 Å². The van der Waals surface area contributed by atoms with Crippen molar-refractivity contribution in [1.29, 1.82) is 0 Å². The predicted octanol–water partition coefficient (Wildman–Crippen LogP) is 5.65. The van der Waals surface area contributed by atoms with Crippen molar-refractivity contribution in [2.75, 3.05) is 44.7 Å². The van der Waals surface area contributed by atoms with Gasteiger partial charge in [0, 0.05) is 54.9 Å². The van der Waals surface area contributed by atoms with Gasteiger partial charge in [0.2, 0.25) is 0 Å². The highest BCUT2D eigenvalue weighted by Crippen LogP contribution is 2.36. The summed E-state index contributed by atoms with van der Waals surface area (Å²) < 4.78 is 61.1. The monoisotopic (exact) mass is 525 g/mol. The molecule has 4 rings (SSSR count). The Morgan fingerprint density at radius 3 is 2.34 bits per heavy atom. The van der Waals surface area contributed by atoms with Crippen LogP contribution in [-0.4, -0.2) is 57.1 Å². The van der Waals surface area contributed by atoms with E-state index in [-0.39, 0.29) is 31.8 Å². The van der Waals surface area contributed by atoms with Crippen molar-refractivity contribution in [3.63, 3.8) is 0 Å². The van der Waals surface area contributed by atoms with Gasteiger partial charge in [-0.15, -0.1) is 0 Å². The van der Waals surface area contributed by atoms with Gasteiger partial charge < -0.3 is 9.64 Å². The second-order valence-corrected chi connectivity index (χ2v) is 12.3. The average Bonchev–Trinajstić information content (AvgIpc) is 3.18. The highest BCUT2D eigenvalue weighted by atomic mass is 35.5. The summed E-state index contributed by atoms with van der Waals surface area (Å²) in [6, 6.07) is 8.88. The average molecular weight is 526 g/mol. The Kier molecular flexibility index (Phi) is 7.05. The van der Waals surface area contributed by atoms with Gasteiger partial charge in [0.1, 0.15) is 5.75 Å². The number of aromatic nitrogens is 1. The van der Waals surface area contributed by atoms with Crippen LogP contribution in [0.2, 0.25) is 5.02 Å². The van der Waals surface area contributed by atoms with E-state index in [1.54, 1.807) is 19.2 Å². The van der Waals surface area contributed by atoms with Crippen LogP contribution >= 0.6 is 11.6 Å². The third-order valence-electron chi connectivity index (χ3n) is 6.12. The number of ether oxygens (including phenoxy) is 1. The van der Waals surface area contributed by atoms with Crippen LogP contribution in [0.5, 0.6) is 5.75 Å². The molecule has 0 saturated carbocycles. The molecule has 0 spiro atoms. The molecule has 0 bridgehead atoms. The third-order valence-corrected chi connectivity index (χ3v) is 8.02. The van der Waals surface area contributed by atoms with Gasteiger partial charge in [0.05, 0.1) is 23.2 Å². The van der Waals surface area contributed by atoms with Crippen LogP contribution in [0.4, 0.5) is 14.5 Å². The fourth-order valence-electron chi connectivity index (χ4n) is 4.58. The molecule has 6 nitrogen and oxygen atoms in total. The number of halogens is 3. The lowest BCUT2D eigenvalue weighted by molar-refractivity contribution is 0.153. The van der Waals surface area contributed by atoms with Gasteiger partial charge in [-0.2, -0.15) is 0 Å². The smallest absolute Gasteiger partial charge is 0.268 e. The van der Waals surface area contributed by atoms with Crippen molar-refractivity contribution in [1.82, 2.24) is 8.87 Å². The van der Waals surface area contributed by atoms with E-state index in [2.05, 4.69) is 30.6 Å². The minimum atomic E-state index is -4.18. The number of nitrogens with zero attached hydrogens (tertiary/aromatic N) is 3. The van der Waals surface area contributed by atoms with Crippen LogP contribution in [0.25, 0.3) is 10.9 Å². The maximum absolute atomic E-state index is 13.7. The predicted molar refractivity (Wildman–Crippen MR) is 136 cm³/mol. The molecule has 0 atom stereocenters. The second kappa shape index (κ2) is 9.59. The van der Waals surface area contributed by atoms with Gasteiger partial charge in [-0.25, -0.2) is 21.2 Å². The number of hydrogen-bond donors (Lipinski definition) is 0. The molecule has 2 heterocycles. The topological polar surface area (TPSA) is 54.8 Å². The van der Waals surface area contributed by atoms with E-state index in [1.165, 1.54) is 24.3 Å². The Bertz CT molecular complexity index is 1330. The first-order chi connectivity index (χ1) is 16.4. The third kappa shape index (κ3) is 5.27. The van der Waals surface area contributed by atoms with Crippen LogP contribution in [0.1, 0.15) is 32.8 Å². The van der Waals surface area contributed by atoms with Crippen molar-refractivity contribution in [3.8, 4) is 5.75 Å².